The van der Waals surface area contributed by atoms with E-state index >= 15 is 0 Å². The molecule has 19 heteroatoms. The van der Waals surface area contributed by atoms with Crippen LogP contribution < -0.4 is 5.32 Å². The van der Waals surface area contributed by atoms with Crippen LogP contribution in [0, 0.1) is 0 Å². The zero-order chi connectivity index (χ0) is 49.8. The monoisotopic (exact) mass is 982 g/mol. The minimum absolute atomic E-state index is 0.256. The number of ether oxygens (including phenoxy) is 6. The predicted octanol–water partition coefficient (Wildman–Crippen LogP) is 1.87. The topological polar surface area (TPSA) is 307 Å². The molecule has 12 N–H and O–H groups in total. The maximum atomic E-state index is 13.2. The number of unbranched alkanes of at least 4 members (excludes halogenated alkanes) is 18. The van der Waals surface area contributed by atoms with Crippen molar-refractivity contribution < 1.29 is 89.4 Å². The Labute approximate surface area is 404 Å². The summed E-state index contributed by atoms with van der Waals surface area (Å²) in [6.07, 6.45) is 1.99. The lowest BCUT2D eigenvalue weighted by atomic mass is 9.96. The van der Waals surface area contributed by atoms with Gasteiger partial charge in [0.05, 0.1) is 38.6 Å². The molecule has 0 aliphatic carbocycles. The Bertz CT molecular complexity index is 1310. The van der Waals surface area contributed by atoms with Crippen molar-refractivity contribution in [3.05, 3.63) is 12.2 Å². The second kappa shape index (κ2) is 34.8. The summed E-state index contributed by atoms with van der Waals surface area (Å²) >= 11 is 0. The molecule has 17 atom stereocenters. The normalized spacial score (nSPS) is 33.2. The number of hydrogen-bond donors (Lipinski definition) is 12. The number of carbonyl (C=O) groups is 1. The highest BCUT2D eigenvalue weighted by Gasteiger charge is 2.53. The number of hydrogen-bond acceptors (Lipinski definition) is 18. The number of allylic oxidation sites excluding steroid dienone is 2. The molecule has 0 aromatic rings. The lowest BCUT2D eigenvalue weighted by Crippen LogP contribution is -2.66. The molecule has 3 fully saturated rings. The average molecular weight is 982 g/mol. The number of aliphatic hydroxyl groups excluding tert-OH is 11. The highest BCUT2D eigenvalue weighted by molar-refractivity contribution is 5.76. The van der Waals surface area contributed by atoms with Crippen LogP contribution in [0.15, 0.2) is 12.2 Å². The van der Waals surface area contributed by atoms with Gasteiger partial charge in [0.15, 0.2) is 18.9 Å². The Morgan fingerprint density at radius 2 is 0.926 bits per heavy atom. The van der Waals surface area contributed by atoms with E-state index in [9.17, 15) is 61.0 Å². The van der Waals surface area contributed by atoms with Crippen LogP contribution in [0.3, 0.4) is 0 Å². The van der Waals surface area contributed by atoms with E-state index in [1.54, 1.807) is 0 Å². The second-order valence-corrected chi connectivity index (χ2v) is 19.0. The Morgan fingerprint density at radius 3 is 1.43 bits per heavy atom. The molecule has 0 spiro atoms. The van der Waals surface area contributed by atoms with Crippen molar-refractivity contribution in [2.75, 3.05) is 26.4 Å². The van der Waals surface area contributed by atoms with E-state index in [1.807, 2.05) is 0 Å². The van der Waals surface area contributed by atoms with Crippen LogP contribution in [0.5, 0.6) is 0 Å². The summed E-state index contributed by atoms with van der Waals surface area (Å²) in [6, 6.07) is -0.884. The maximum Gasteiger partial charge on any atom is 0.220 e. The molecule has 0 bridgehead atoms. The number of carbonyl (C=O) groups excluding carboxylic acids is 1. The van der Waals surface area contributed by atoms with Gasteiger partial charge in [-0.3, -0.25) is 4.79 Å². The fourth-order valence-corrected chi connectivity index (χ4v) is 8.95. The molecule has 0 saturated carbocycles. The van der Waals surface area contributed by atoms with Crippen molar-refractivity contribution >= 4 is 5.91 Å². The number of nitrogens with one attached hydrogen (secondary N) is 1. The van der Waals surface area contributed by atoms with Crippen LogP contribution in [-0.4, -0.2) is 193 Å². The number of rotatable bonds is 36. The van der Waals surface area contributed by atoms with Gasteiger partial charge in [-0.05, 0) is 38.5 Å². The fraction of sp³-hybridized carbons (Fsp3) is 0.939. The first-order valence-electron chi connectivity index (χ1n) is 25.9. The van der Waals surface area contributed by atoms with E-state index in [1.165, 1.54) is 64.2 Å². The molecule has 0 aromatic carbocycles. The highest BCUT2D eigenvalue weighted by atomic mass is 16.8. The van der Waals surface area contributed by atoms with E-state index in [-0.39, 0.29) is 18.9 Å². The standard InChI is InChI=1S/C49H91NO18/c1-3-5-7-9-11-13-14-15-16-17-18-19-21-23-25-27-37(55)50-32(33(54)26-24-22-20-12-10-8-6-4-2)31-63-47-43(61)40(58)45(35(29-52)65-47)68-49-44(62)41(59)46(36(30-53)66-49)67-48-42(60)39(57)38(56)34(28-51)64-48/h15-16,32-36,38-49,51-54,56-62H,3-14,17-31H2,1-2H3,(H,50,55)/b16-15-. The van der Waals surface area contributed by atoms with E-state index in [0.717, 1.165) is 64.2 Å². The minimum atomic E-state index is -1.97. The summed E-state index contributed by atoms with van der Waals surface area (Å²) in [6.45, 7) is 1.70. The van der Waals surface area contributed by atoms with Gasteiger partial charge >= 0.3 is 0 Å². The highest BCUT2D eigenvalue weighted by Crippen LogP contribution is 2.33. The van der Waals surface area contributed by atoms with Crippen LogP contribution in [0.1, 0.15) is 162 Å². The molecule has 3 saturated heterocycles. The Morgan fingerprint density at radius 1 is 0.515 bits per heavy atom. The first-order valence-corrected chi connectivity index (χ1v) is 25.9. The predicted molar refractivity (Wildman–Crippen MR) is 250 cm³/mol. The summed E-state index contributed by atoms with van der Waals surface area (Å²) in [5.41, 5.74) is 0. The summed E-state index contributed by atoms with van der Waals surface area (Å²) in [4.78, 5) is 13.2. The molecule has 0 radical (unpaired) electrons. The molecule has 3 rings (SSSR count). The van der Waals surface area contributed by atoms with Gasteiger partial charge in [-0.25, -0.2) is 0 Å². The van der Waals surface area contributed by atoms with E-state index in [4.69, 9.17) is 28.4 Å². The van der Waals surface area contributed by atoms with E-state index in [0.29, 0.717) is 12.8 Å². The largest absolute Gasteiger partial charge is 0.394 e. The van der Waals surface area contributed by atoms with Crippen molar-refractivity contribution in [2.24, 2.45) is 0 Å². The second-order valence-electron chi connectivity index (χ2n) is 19.0. The van der Waals surface area contributed by atoms with Crippen molar-refractivity contribution in [1.29, 1.82) is 0 Å². The third-order valence-electron chi connectivity index (χ3n) is 13.3. The van der Waals surface area contributed by atoms with Gasteiger partial charge < -0.3 is 89.9 Å². The quantitative estimate of drug-likeness (QED) is 0.0315. The Kier molecular flexibility index (Phi) is 31.1. The van der Waals surface area contributed by atoms with Gasteiger partial charge in [0.25, 0.3) is 0 Å². The Hall–Kier alpha value is -1.47. The van der Waals surface area contributed by atoms with Gasteiger partial charge in [0.2, 0.25) is 5.91 Å². The molecular formula is C49H91NO18. The van der Waals surface area contributed by atoms with E-state index in [2.05, 4.69) is 31.3 Å². The molecule has 68 heavy (non-hydrogen) atoms. The van der Waals surface area contributed by atoms with E-state index < -0.39 is 124 Å². The third kappa shape index (κ3) is 20.6. The molecule has 400 valence electrons. The molecule has 19 nitrogen and oxygen atoms in total. The summed E-state index contributed by atoms with van der Waals surface area (Å²) in [5, 5.41) is 119. The summed E-state index contributed by atoms with van der Waals surface area (Å²) < 4.78 is 34.1. The lowest BCUT2D eigenvalue weighted by Gasteiger charge is -2.48. The zero-order valence-electron chi connectivity index (χ0n) is 40.8. The van der Waals surface area contributed by atoms with Crippen LogP contribution in [0.4, 0.5) is 0 Å². The van der Waals surface area contributed by atoms with Gasteiger partial charge in [0.1, 0.15) is 73.2 Å². The third-order valence-corrected chi connectivity index (χ3v) is 13.3. The Balaban J connectivity index is 1.53. The van der Waals surface area contributed by atoms with Gasteiger partial charge in [0, 0.05) is 6.42 Å². The molecule has 17 unspecified atom stereocenters. The SMILES string of the molecule is CCCCCCCC/C=C\CCCCCCCC(=O)NC(COC1OC(CO)C(OC2OC(CO)C(OC3OC(CO)C(O)C(O)C3O)C(O)C2O)C(O)C1O)C(O)CCCCCCCCCC. The summed E-state index contributed by atoms with van der Waals surface area (Å²) in [7, 11) is 0. The van der Waals surface area contributed by atoms with Crippen LogP contribution >= 0.6 is 0 Å². The van der Waals surface area contributed by atoms with Crippen molar-refractivity contribution in [2.45, 2.75) is 266 Å². The lowest BCUT2D eigenvalue weighted by molar-refractivity contribution is -0.379. The van der Waals surface area contributed by atoms with Gasteiger partial charge in [-0.2, -0.15) is 0 Å². The van der Waals surface area contributed by atoms with Crippen LogP contribution in [-0.2, 0) is 33.2 Å². The maximum absolute atomic E-state index is 13.2. The molecule has 3 aliphatic rings. The smallest absolute Gasteiger partial charge is 0.220 e. The van der Waals surface area contributed by atoms with Crippen LogP contribution in [0.2, 0.25) is 0 Å². The number of amides is 1. The first kappa shape index (κ1) is 60.8. The van der Waals surface area contributed by atoms with Crippen molar-refractivity contribution in [1.82, 2.24) is 5.32 Å². The molecule has 3 heterocycles. The van der Waals surface area contributed by atoms with Crippen molar-refractivity contribution in [3.63, 3.8) is 0 Å². The zero-order valence-corrected chi connectivity index (χ0v) is 40.8. The molecule has 3 aliphatic heterocycles. The minimum Gasteiger partial charge on any atom is -0.394 e. The molecule has 1 amide bonds. The number of aliphatic hydroxyl groups is 11. The van der Waals surface area contributed by atoms with Gasteiger partial charge in [-0.1, -0.05) is 129 Å². The van der Waals surface area contributed by atoms with Crippen molar-refractivity contribution in [3.8, 4) is 0 Å². The fourth-order valence-electron chi connectivity index (χ4n) is 8.95. The van der Waals surface area contributed by atoms with Gasteiger partial charge in [-0.15, -0.1) is 0 Å². The first-order chi connectivity index (χ1) is 32.8. The van der Waals surface area contributed by atoms with Crippen LogP contribution in [0.25, 0.3) is 0 Å². The molecular weight excluding hydrogens is 891 g/mol. The molecule has 0 aromatic heterocycles. The summed E-state index contributed by atoms with van der Waals surface area (Å²) in [5.74, 6) is -0.256. The average Bonchev–Trinajstić information content (AvgIpc) is 3.33.